The number of rotatable bonds is 3. The number of carbonyl (C=O) groups excluding carboxylic acids is 2. The van der Waals surface area contributed by atoms with Gasteiger partial charge in [-0.25, -0.2) is 0 Å². The van der Waals surface area contributed by atoms with Gasteiger partial charge in [-0.1, -0.05) is 12.1 Å². The predicted octanol–water partition coefficient (Wildman–Crippen LogP) is -0.354. The first-order valence-corrected chi connectivity index (χ1v) is 5.68. The third-order valence-corrected chi connectivity index (χ3v) is 3.15. The first-order chi connectivity index (χ1) is 8.50. The molecule has 2 atom stereocenters. The van der Waals surface area contributed by atoms with E-state index >= 15 is 0 Å². The number of likely N-dealkylation sites (N-methyl/N-ethyl adjacent to an activating group) is 1. The predicted molar refractivity (Wildman–Crippen MR) is 69.0 cm³/mol. The van der Waals surface area contributed by atoms with Crippen molar-refractivity contribution in [3.63, 3.8) is 0 Å². The van der Waals surface area contributed by atoms with Crippen molar-refractivity contribution in [1.29, 1.82) is 0 Å². The molecule has 1 aliphatic rings. The van der Waals surface area contributed by atoms with Crippen molar-refractivity contribution in [3.8, 4) is 0 Å². The zero-order chi connectivity index (χ0) is 13.3. The summed E-state index contributed by atoms with van der Waals surface area (Å²) >= 11 is 0. The van der Waals surface area contributed by atoms with E-state index in [1.807, 2.05) is 29.2 Å². The van der Waals surface area contributed by atoms with Crippen LogP contribution in [0.4, 0.5) is 11.4 Å². The van der Waals surface area contributed by atoms with E-state index in [9.17, 15) is 9.59 Å². The summed E-state index contributed by atoms with van der Waals surface area (Å²) < 4.78 is 0. The van der Waals surface area contributed by atoms with Gasteiger partial charge in [-0.05, 0) is 12.1 Å². The number of nitrogens with two attached hydrogens (primary N) is 2. The molecule has 1 aromatic rings. The first kappa shape index (κ1) is 12.4. The van der Waals surface area contributed by atoms with Gasteiger partial charge in [-0.15, -0.1) is 0 Å². The number of hydrogen-bond acceptors (Lipinski definition) is 4. The second kappa shape index (κ2) is 4.66. The average molecular weight is 248 g/mol. The van der Waals surface area contributed by atoms with Gasteiger partial charge in [0.1, 0.15) is 6.04 Å². The van der Waals surface area contributed by atoms with Gasteiger partial charge in [0.2, 0.25) is 11.8 Å². The SMILES string of the molecule is CN1c2ccccc2NC(=O)C1CC(N)C(N)=O. The Balaban J connectivity index is 2.24. The van der Waals surface area contributed by atoms with Crippen LogP contribution in [0.3, 0.4) is 0 Å². The van der Waals surface area contributed by atoms with Gasteiger partial charge < -0.3 is 21.7 Å². The minimum Gasteiger partial charge on any atom is -0.368 e. The Bertz CT molecular complexity index is 489. The Labute approximate surface area is 105 Å². The fourth-order valence-electron chi connectivity index (χ4n) is 2.07. The standard InChI is InChI=1S/C12H16N4O2/c1-16-9-5-3-2-4-8(9)15-12(18)10(16)6-7(13)11(14)17/h2-5,7,10H,6,13H2,1H3,(H2,14,17)(H,15,18). The van der Waals surface area contributed by atoms with Crippen molar-refractivity contribution >= 4 is 23.2 Å². The molecule has 0 aromatic heterocycles. The number of nitrogens with one attached hydrogen (secondary N) is 1. The summed E-state index contributed by atoms with van der Waals surface area (Å²) in [7, 11) is 1.80. The highest BCUT2D eigenvalue weighted by molar-refractivity contribution is 6.03. The maximum atomic E-state index is 12.0. The average Bonchev–Trinajstić information content (AvgIpc) is 2.34. The van der Waals surface area contributed by atoms with Crippen LogP contribution in [0.2, 0.25) is 0 Å². The van der Waals surface area contributed by atoms with Crippen molar-refractivity contribution in [3.05, 3.63) is 24.3 Å². The van der Waals surface area contributed by atoms with Gasteiger partial charge in [0.25, 0.3) is 0 Å². The third kappa shape index (κ3) is 2.14. The molecule has 0 saturated carbocycles. The maximum Gasteiger partial charge on any atom is 0.247 e. The molecule has 2 rings (SSSR count). The molecule has 2 unspecified atom stereocenters. The molecule has 1 aliphatic heterocycles. The topological polar surface area (TPSA) is 101 Å². The third-order valence-electron chi connectivity index (χ3n) is 3.15. The number of primary amides is 1. The van der Waals surface area contributed by atoms with Crippen LogP contribution >= 0.6 is 0 Å². The van der Waals surface area contributed by atoms with Crippen LogP contribution < -0.4 is 21.7 Å². The quantitative estimate of drug-likeness (QED) is 0.680. The molecule has 0 saturated heterocycles. The molecule has 0 aliphatic carbocycles. The number of para-hydroxylation sites is 2. The van der Waals surface area contributed by atoms with Crippen LogP contribution in [0.25, 0.3) is 0 Å². The van der Waals surface area contributed by atoms with Gasteiger partial charge in [0.05, 0.1) is 17.4 Å². The molecule has 18 heavy (non-hydrogen) atoms. The molecule has 5 N–H and O–H groups in total. The van der Waals surface area contributed by atoms with Crippen LogP contribution in [0.1, 0.15) is 6.42 Å². The van der Waals surface area contributed by atoms with Gasteiger partial charge in [-0.2, -0.15) is 0 Å². The second-order valence-electron chi connectivity index (χ2n) is 4.38. The van der Waals surface area contributed by atoms with E-state index in [1.165, 1.54) is 0 Å². The van der Waals surface area contributed by atoms with E-state index < -0.39 is 18.0 Å². The number of benzene rings is 1. The monoisotopic (exact) mass is 248 g/mol. The summed E-state index contributed by atoms with van der Waals surface area (Å²) in [6.07, 6.45) is 0.200. The Morgan fingerprint density at radius 2 is 2.17 bits per heavy atom. The molecule has 6 nitrogen and oxygen atoms in total. The number of fused-ring (bicyclic) bond motifs is 1. The minimum atomic E-state index is -0.825. The lowest BCUT2D eigenvalue weighted by atomic mass is 10.0. The largest absolute Gasteiger partial charge is 0.368 e. The zero-order valence-corrected chi connectivity index (χ0v) is 10.1. The smallest absolute Gasteiger partial charge is 0.247 e. The van der Waals surface area contributed by atoms with E-state index in [0.29, 0.717) is 0 Å². The molecule has 0 radical (unpaired) electrons. The Morgan fingerprint density at radius 3 is 2.83 bits per heavy atom. The van der Waals surface area contributed by atoms with Crippen molar-refractivity contribution in [1.82, 2.24) is 0 Å². The second-order valence-corrected chi connectivity index (χ2v) is 4.38. The van der Waals surface area contributed by atoms with Crippen LogP contribution in [0.15, 0.2) is 24.3 Å². The Kier molecular flexibility index (Phi) is 3.20. The summed E-state index contributed by atoms with van der Waals surface area (Å²) in [6.45, 7) is 0. The number of hydrogen-bond donors (Lipinski definition) is 3. The van der Waals surface area contributed by atoms with Gasteiger partial charge in [0.15, 0.2) is 0 Å². The highest BCUT2D eigenvalue weighted by Gasteiger charge is 2.32. The van der Waals surface area contributed by atoms with Crippen molar-refractivity contribution in [2.75, 3.05) is 17.3 Å². The lowest BCUT2D eigenvalue weighted by Crippen LogP contribution is -2.51. The van der Waals surface area contributed by atoms with E-state index in [4.69, 9.17) is 11.5 Å². The summed E-state index contributed by atoms with van der Waals surface area (Å²) in [5.74, 6) is -0.775. The van der Waals surface area contributed by atoms with Crippen LogP contribution in [-0.2, 0) is 9.59 Å². The Hall–Kier alpha value is -2.08. The number of carbonyl (C=O) groups is 2. The van der Waals surface area contributed by atoms with Crippen molar-refractivity contribution in [2.24, 2.45) is 11.5 Å². The summed E-state index contributed by atoms with van der Waals surface area (Å²) in [6, 6.07) is 6.15. The summed E-state index contributed by atoms with van der Waals surface area (Å²) in [5.41, 5.74) is 12.4. The fraction of sp³-hybridized carbons (Fsp3) is 0.333. The van der Waals surface area contributed by atoms with Crippen molar-refractivity contribution in [2.45, 2.75) is 18.5 Å². The lowest BCUT2D eigenvalue weighted by molar-refractivity contribution is -0.120. The zero-order valence-electron chi connectivity index (χ0n) is 10.1. The van der Waals surface area contributed by atoms with E-state index in [1.54, 1.807) is 7.05 Å². The summed E-state index contributed by atoms with van der Waals surface area (Å²) in [4.78, 5) is 24.8. The Morgan fingerprint density at radius 1 is 1.50 bits per heavy atom. The van der Waals surface area contributed by atoms with Gasteiger partial charge in [0, 0.05) is 13.5 Å². The van der Waals surface area contributed by atoms with E-state index in [-0.39, 0.29) is 12.3 Å². The highest BCUT2D eigenvalue weighted by atomic mass is 16.2. The number of nitrogens with zero attached hydrogens (tertiary/aromatic N) is 1. The van der Waals surface area contributed by atoms with E-state index in [0.717, 1.165) is 11.4 Å². The minimum absolute atomic E-state index is 0.173. The number of amides is 2. The fourth-order valence-corrected chi connectivity index (χ4v) is 2.07. The molecule has 0 bridgehead atoms. The molecular formula is C12H16N4O2. The van der Waals surface area contributed by atoms with Gasteiger partial charge in [-0.3, -0.25) is 9.59 Å². The highest BCUT2D eigenvalue weighted by Crippen LogP contribution is 2.31. The molecule has 6 heteroatoms. The normalized spacial score (nSPS) is 20.0. The molecule has 0 spiro atoms. The maximum absolute atomic E-state index is 12.0. The molecule has 96 valence electrons. The molecule has 1 aromatic carbocycles. The molecular weight excluding hydrogens is 232 g/mol. The summed E-state index contributed by atoms with van der Waals surface area (Å²) in [5, 5.41) is 2.80. The molecule has 0 fully saturated rings. The van der Waals surface area contributed by atoms with E-state index in [2.05, 4.69) is 5.32 Å². The van der Waals surface area contributed by atoms with Crippen LogP contribution in [0.5, 0.6) is 0 Å². The van der Waals surface area contributed by atoms with Crippen LogP contribution in [0, 0.1) is 0 Å². The number of anilines is 2. The lowest BCUT2D eigenvalue weighted by Gasteiger charge is -2.35. The molecule has 2 amide bonds. The molecule has 1 heterocycles. The van der Waals surface area contributed by atoms with Crippen molar-refractivity contribution < 1.29 is 9.59 Å². The first-order valence-electron chi connectivity index (χ1n) is 5.68. The van der Waals surface area contributed by atoms with Crippen LogP contribution in [-0.4, -0.2) is 30.9 Å². The van der Waals surface area contributed by atoms with Gasteiger partial charge >= 0.3 is 0 Å².